The maximum Gasteiger partial charge on any atom is 0.243 e. The van der Waals surface area contributed by atoms with Gasteiger partial charge in [0.15, 0.2) is 0 Å². The Morgan fingerprint density at radius 3 is 2.58 bits per heavy atom. The summed E-state index contributed by atoms with van der Waals surface area (Å²) in [6, 6.07) is 17.2. The number of aromatic nitrogens is 1. The Kier molecular flexibility index (Phi) is 7.32. The predicted octanol–water partition coefficient (Wildman–Crippen LogP) is 2.74. The maximum absolute atomic E-state index is 13.0. The van der Waals surface area contributed by atoms with Gasteiger partial charge in [-0.2, -0.15) is 4.31 Å². The van der Waals surface area contributed by atoms with Crippen LogP contribution >= 0.6 is 0 Å². The number of sulfonamides is 1. The first-order valence-electron chi connectivity index (χ1n) is 9.45. The molecule has 0 aliphatic rings. The lowest BCUT2D eigenvalue weighted by Crippen LogP contribution is -2.38. The van der Waals surface area contributed by atoms with Crippen LogP contribution in [0.25, 0.3) is 0 Å². The quantitative estimate of drug-likeness (QED) is 0.549. The number of ether oxygens (including phenoxy) is 1. The van der Waals surface area contributed by atoms with Crippen LogP contribution in [0.3, 0.4) is 0 Å². The van der Waals surface area contributed by atoms with Gasteiger partial charge in [-0.15, -0.1) is 0 Å². The van der Waals surface area contributed by atoms with E-state index < -0.39 is 21.7 Å². The van der Waals surface area contributed by atoms with Gasteiger partial charge in [0, 0.05) is 19.8 Å². The van der Waals surface area contributed by atoms with Crippen molar-refractivity contribution in [1.82, 2.24) is 14.6 Å². The van der Waals surface area contributed by atoms with Crippen molar-refractivity contribution in [3.63, 3.8) is 0 Å². The number of halogens is 1. The molecule has 0 unspecified atom stereocenters. The van der Waals surface area contributed by atoms with E-state index in [0.29, 0.717) is 12.4 Å². The topological polar surface area (TPSA) is 88.6 Å². The minimum Gasteiger partial charge on any atom is -0.487 e. The molecule has 0 aliphatic carbocycles. The molecule has 0 radical (unpaired) electrons. The SMILES string of the molecule is CN(CC(=O)NCc1cccc(OCc2ccccn2)c1)S(=O)(=O)c1ccc(F)cc1. The number of rotatable bonds is 9. The third-order valence-corrected chi connectivity index (χ3v) is 6.21. The third kappa shape index (κ3) is 6.34. The van der Waals surface area contributed by atoms with Crippen LogP contribution in [-0.2, 0) is 28.0 Å². The van der Waals surface area contributed by atoms with Crippen LogP contribution in [0.1, 0.15) is 11.3 Å². The Morgan fingerprint density at radius 1 is 1.10 bits per heavy atom. The fourth-order valence-electron chi connectivity index (χ4n) is 2.72. The molecule has 9 heteroatoms. The number of nitrogens with one attached hydrogen (secondary N) is 1. The molecule has 31 heavy (non-hydrogen) atoms. The first-order chi connectivity index (χ1) is 14.8. The summed E-state index contributed by atoms with van der Waals surface area (Å²) in [6.07, 6.45) is 1.69. The lowest BCUT2D eigenvalue weighted by atomic mass is 10.2. The van der Waals surface area contributed by atoms with Crippen LogP contribution in [0, 0.1) is 5.82 Å². The zero-order valence-corrected chi connectivity index (χ0v) is 17.7. The highest BCUT2D eigenvalue weighted by molar-refractivity contribution is 7.89. The fraction of sp³-hybridized carbons (Fsp3) is 0.182. The lowest BCUT2D eigenvalue weighted by molar-refractivity contribution is -0.121. The van der Waals surface area contributed by atoms with E-state index in [1.54, 1.807) is 24.4 Å². The fourth-order valence-corrected chi connectivity index (χ4v) is 3.84. The van der Waals surface area contributed by atoms with Crippen LogP contribution in [0.15, 0.2) is 77.8 Å². The molecule has 3 aromatic rings. The summed E-state index contributed by atoms with van der Waals surface area (Å²) < 4.78 is 44.6. The molecule has 2 aromatic carbocycles. The Balaban J connectivity index is 1.52. The molecule has 1 aromatic heterocycles. The monoisotopic (exact) mass is 443 g/mol. The van der Waals surface area contributed by atoms with E-state index in [0.717, 1.165) is 39.8 Å². The van der Waals surface area contributed by atoms with Crippen molar-refractivity contribution < 1.29 is 22.3 Å². The summed E-state index contributed by atoms with van der Waals surface area (Å²) in [7, 11) is -2.60. The van der Waals surface area contributed by atoms with E-state index >= 15 is 0 Å². The molecular formula is C22H22FN3O4S. The molecule has 0 bridgehead atoms. The number of nitrogens with zero attached hydrogens (tertiary/aromatic N) is 2. The van der Waals surface area contributed by atoms with Crippen molar-refractivity contribution in [1.29, 1.82) is 0 Å². The normalized spacial score (nSPS) is 11.3. The molecule has 0 aliphatic heterocycles. The first-order valence-corrected chi connectivity index (χ1v) is 10.9. The summed E-state index contributed by atoms with van der Waals surface area (Å²) in [6.45, 7) is 0.169. The highest BCUT2D eigenvalue weighted by Gasteiger charge is 2.22. The molecule has 3 rings (SSSR count). The van der Waals surface area contributed by atoms with Crippen molar-refractivity contribution in [2.75, 3.05) is 13.6 Å². The maximum atomic E-state index is 13.0. The molecule has 0 saturated carbocycles. The molecule has 1 amide bonds. The standard InChI is InChI=1S/C22H22FN3O4S/c1-26(31(28,29)21-10-8-18(23)9-11-21)15-22(27)25-14-17-5-4-7-20(13-17)30-16-19-6-2-3-12-24-19/h2-13H,14-16H2,1H3,(H,25,27). The van der Waals surface area contributed by atoms with Crippen molar-refractivity contribution >= 4 is 15.9 Å². The van der Waals surface area contributed by atoms with Gasteiger partial charge in [-0.1, -0.05) is 18.2 Å². The van der Waals surface area contributed by atoms with E-state index in [1.165, 1.54) is 7.05 Å². The van der Waals surface area contributed by atoms with Crippen LogP contribution in [0.4, 0.5) is 4.39 Å². The minimum absolute atomic E-state index is 0.0815. The van der Waals surface area contributed by atoms with Gasteiger partial charge >= 0.3 is 0 Å². The van der Waals surface area contributed by atoms with Crippen LogP contribution in [-0.4, -0.2) is 37.2 Å². The number of hydrogen-bond donors (Lipinski definition) is 1. The van der Waals surface area contributed by atoms with Gasteiger partial charge in [0.1, 0.15) is 18.2 Å². The van der Waals surface area contributed by atoms with E-state index in [1.807, 2.05) is 24.3 Å². The average molecular weight is 444 g/mol. The van der Waals surface area contributed by atoms with E-state index in [2.05, 4.69) is 10.3 Å². The zero-order valence-electron chi connectivity index (χ0n) is 16.9. The van der Waals surface area contributed by atoms with Crippen LogP contribution < -0.4 is 10.1 Å². The molecule has 1 heterocycles. The Bertz CT molecular complexity index is 1120. The molecule has 0 fully saturated rings. The van der Waals surface area contributed by atoms with Gasteiger partial charge < -0.3 is 10.1 Å². The lowest BCUT2D eigenvalue weighted by Gasteiger charge is -2.17. The largest absolute Gasteiger partial charge is 0.487 e. The van der Waals surface area contributed by atoms with Crippen molar-refractivity contribution in [2.45, 2.75) is 18.0 Å². The molecule has 1 N–H and O–H groups in total. The smallest absolute Gasteiger partial charge is 0.243 e. The Morgan fingerprint density at radius 2 is 1.87 bits per heavy atom. The number of carbonyl (C=O) groups is 1. The zero-order chi connectivity index (χ0) is 22.3. The number of pyridine rings is 1. The Hall–Kier alpha value is -3.30. The van der Waals surface area contributed by atoms with Crippen LogP contribution in [0.2, 0.25) is 0 Å². The molecule has 162 valence electrons. The van der Waals surface area contributed by atoms with E-state index in [4.69, 9.17) is 4.74 Å². The second-order valence-corrected chi connectivity index (χ2v) is 8.79. The summed E-state index contributed by atoms with van der Waals surface area (Å²) in [4.78, 5) is 16.4. The number of hydrogen-bond acceptors (Lipinski definition) is 5. The minimum atomic E-state index is -3.89. The second kappa shape index (κ2) is 10.1. The van der Waals surface area contributed by atoms with E-state index in [9.17, 15) is 17.6 Å². The van der Waals surface area contributed by atoms with Gasteiger partial charge in [-0.05, 0) is 54.1 Å². The number of amides is 1. The summed E-state index contributed by atoms with van der Waals surface area (Å²) in [5.74, 6) is -0.369. The van der Waals surface area contributed by atoms with E-state index in [-0.39, 0.29) is 18.0 Å². The second-order valence-electron chi connectivity index (χ2n) is 6.75. The molecule has 0 atom stereocenters. The molecular weight excluding hydrogens is 421 g/mol. The summed E-state index contributed by atoms with van der Waals surface area (Å²) in [5, 5.41) is 2.69. The number of benzene rings is 2. The van der Waals surface area contributed by atoms with Gasteiger partial charge in [0.05, 0.1) is 17.1 Å². The highest BCUT2D eigenvalue weighted by Crippen LogP contribution is 2.16. The number of carbonyl (C=O) groups excluding carboxylic acids is 1. The van der Waals surface area contributed by atoms with Gasteiger partial charge in [-0.3, -0.25) is 9.78 Å². The highest BCUT2D eigenvalue weighted by atomic mass is 32.2. The third-order valence-electron chi connectivity index (χ3n) is 4.39. The van der Waals surface area contributed by atoms with Crippen molar-refractivity contribution in [3.05, 3.63) is 90.0 Å². The van der Waals surface area contributed by atoms with Gasteiger partial charge in [0.25, 0.3) is 0 Å². The van der Waals surface area contributed by atoms with Crippen molar-refractivity contribution in [3.8, 4) is 5.75 Å². The summed E-state index contributed by atoms with van der Waals surface area (Å²) >= 11 is 0. The van der Waals surface area contributed by atoms with Gasteiger partial charge in [0.2, 0.25) is 15.9 Å². The van der Waals surface area contributed by atoms with Crippen molar-refractivity contribution in [2.24, 2.45) is 0 Å². The summed E-state index contributed by atoms with van der Waals surface area (Å²) in [5.41, 5.74) is 1.60. The first kappa shape index (κ1) is 22.4. The predicted molar refractivity (Wildman–Crippen MR) is 113 cm³/mol. The average Bonchev–Trinajstić information content (AvgIpc) is 2.77. The number of likely N-dealkylation sites (N-methyl/N-ethyl adjacent to an activating group) is 1. The van der Waals surface area contributed by atoms with Gasteiger partial charge in [-0.25, -0.2) is 12.8 Å². The van der Waals surface area contributed by atoms with Crippen LogP contribution in [0.5, 0.6) is 5.75 Å². The Labute approximate surface area is 180 Å². The molecule has 7 nitrogen and oxygen atoms in total. The molecule has 0 spiro atoms. The molecule has 0 saturated heterocycles.